The predicted octanol–water partition coefficient (Wildman–Crippen LogP) is 3.53. The van der Waals surface area contributed by atoms with E-state index in [-0.39, 0.29) is 0 Å². The lowest BCUT2D eigenvalue weighted by Gasteiger charge is -2.54. The molecular formula is C13H19ClO2S. The van der Waals surface area contributed by atoms with Gasteiger partial charge in [-0.2, -0.15) is 0 Å². The fourth-order valence-electron chi connectivity index (χ4n) is 4.97. The summed E-state index contributed by atoms with van der Waals surface area (Å²) in [5.41, 5.74) is 0.994. The van der Waals surface area contributed by atoms with Crippen molar-refractivity contribution in [2.45, 2.75) is 39.0 Å². The van der Waals surface area contributed by atoms with E-state index in [1.165, 1.54) is 37.5 Å². The number of hydrogen-bond donors (Lipinski definition) is 0. The quantitative estimate of drug-likeness (QED) is 0.722. The zero-order chi connectivity index (χ0) is 12.2. The molecule has 0 aromatic rings. The van der Waals surface area contributed by atoms with Crippen LogP contribution in [0.25, 0.3) is 0 Å². The predicted molar refractivity (Wildman–Crippen MR) is 69.1 cm³/mol. The minimum absolute atomic E-state index is 0.483. The van der Waals surface area contributed by atoms with Gasteiger partial charge >= 0.3 is 0 Å². The standard InChI is InChI=1S/C13H19ClO2S/c1-8(7-17(14,15)16)13-11-3-9-2-10(5-11)6-12(13)4-9/h7,9-13H,2-6H2,1H3/b8-7+. The van der Waals surface area contributed by atoms with Crippen molar-refractivity contribution in [1.29, 1.82) is 0 Å². The number of hydrogen-bond acceptors (Lipinski definition) is 2. The topological polar surface area (TPSA) is 34.1 Å². The van der Waals surface area contributed by atoms with E-state index in [1.807, 2.05) is 6.92 Å². The second-order valence-corrected chi connectivity index (χ2v) is 8.77. The van der Waals surface area contributed by atoms with E-state index in [9.17, 15) is 8.42 Å². The number of allylic oxidation sites excluding steroid dienone is 1. The summed E-state index contributed by atoms with van der Waals surface area (Å²) in [6.45, 7) is 1.95. The highest BCUT2D eigenvalue weighted by Crippen LogP contribution is 2.58. The van der Waals surface area contributed by atoms with Crippen molar-refractivity contribution in [2.24, 2.45) is 29.6 Å². The maximum Gasteiger partial charge on any atom is 0.254 e. The summed E-state index contributed by atoms with van der Waals surface area (Å²) in [6, 6.07) is 0. The molecule has 4 heteroatoms. The Labute approximate surface area is 108 Å². The molecule has 4 aliphatic carbocycles. The summed E-state index contributed by atoms with van der Waals surface area (Å²) in [4.78, 5) is 0. The molecule has 0 saturated heterocycles. The van der Waals surface area contributed by atoms with E-state index in [2.05, 4.69) is 0 Å². The molecule has 0 amide bonds. The molecule has 4 bridgehead atoms. The van der Waals surface area contributed by atoms with Crippen molar-refractivity contribution in [2.75, 3.05) is 0 Å². The highest BCUT2D eigenvalue weighted by atomic mass is 35.7. The molecule has 0 N–H and O–H groups in total. The molecule has 96 valence electrons. The maximum absolute atomic E-state index is 11.2. The first kappa shape index (κ1) is 12.0. The fourth-order valence-corrected chi connectivity index (χ4v) is 5.99. The Morgan fingerprint density at radius 2 is 1.53 bits per heavy atom. The molecule has 0 heterocycles. The average molecular weight is 275 g/mol. The van der Waals surface area contributed by atoms with Crippen LogP contribution in [-0.4, -0.2) is 8.42 Å². The van der Waals surface area contributed by atoms with Crippen LogP contribution in [0.15, 0.2) is 11.0 Å². The third-order valence-electron chi connectivity index (χ3n) is 5.08. The first-order valence-electron chi connectivity index (χ1n) is 6.55. The summed E-state index contributed by atoms with van der Waals surface area (Å²) in [6.07, 6.45) is 6.67. The highest BCUT2D eigenvalue weighted by Gasteiger charge is 2.48. The molecule has 0 spiro atoms. The van der Waals surface area contributed by atoms with Crippen LogP contribution in [0.5, 0.6) is 0 Å². The van der Waals surface area contributed by atoms with Gasteiger partial charge in [0, 0.05) is 16.1 Å². The molecule has 17 heavy (non-hydrogen) atoms. The van der Waals surface area contributed by atoms with Gasteiger partial charge in [-0.15, -0.1) is 0 Å². The van der Waals surface area contributed by atoms with Crippen LogP contribution in [0.2, 0.25) is 0 Å². The minimum atomic E-state index is -3.50. The first-order chi connectivity index (χ1) is 7.92. The first-order valence-corrected chi connectivity index (χ1v) is 8.92. The van der Waals surface area contributed by atoms with Gasteiger partial charge in [-0.1, -0.05) is 5.57 Å². The van der Waals surface area contributed by atoms with Gasteiger partial charge in [0.2, 0.25) is 0 Å². The molecule has 0 aliphatic heterocycles. The summed E-state index contributed by atoms with van der Waals surface area (Å²) in [5.74, 6) is 3.78. The highest BCUT2D eigenvalue weighted by molar-refractivity contribution is 8.16. The zero-order valence-corrected chi connectivity index (χ0v) is 11.7. The Hall–Kier alpha value is -0.0200. The van der Waals surface area contributed by atoms with Gasteiger partial charge in [0.25, 0.3) is 9.05 Å². The molecule has 2 nitrogen and oxygen atoms in total. The van der Waals surface area contributed by atoms with Crippen LogP contribution in [0.3, 0.4) is 0 Å². The number of rotatable bonds is 2. The normalized spacial score (nSPS) is 45.3. The molecule has 0 unspecified atom stereocenters. The van der Waals surface area contributed by atoms with Crippen molar-refractivity contribution in [3.63, 3.8) is 0 Å². The van der Waals surface area contributed by atoms with E-state index in [0.717, 1.165) is 29.2 Å². The lowest BCUT2D eigenvalue weighted by Crippen LogP contribution is -2.45. The van der Waals surface area contributed by atoms with E-state index in [4.69, 9.17) is 10.7 Å². The lowest BCUT2D eigenvalue weighted by molar-refractivity contribution is -0.0206. The molecule has 4 saturated carbocycles. The SMILES string of the molecule is C/C(=C\S(=O)(=O)Cl)C1C2CC3CC(C2)CC1C3. The van der Waals surface area contributed by atoms with Gasteiger partial charge in [0.15, 0.2) is 0 Å². The molecule has 0 radical (unpaired) electrons. The van der Waals surface area contributed by atoms with Crippen LogP contribution >= 0.6 is 10.7 Å². The number of halogens is 1. The van der Waals surface area contributed by atoms with Crippen LogP contribution in [0, 0.1) is 29.6 Å². The van der Waals surface area contributed by atoms with Gasteiger partial charge in [-0.3, -0.25) is 0 Å². The molecule has 0 atom stereocenters. The van der Waals surface area contributed by atoms with Gasteiger partial charge in [0.05, 0.1) is 0 Å². The van der Waals surface area contributed by atoms with Gasteiger partial charge in [0.1, 0.15) is 0 Å². The Bertz CT molecular complexity index is 424. The third kappa shape index (κ3) is 2.28. The molecule has 4 fully saturated rings. The van der Waals surface area contributed by atoms with Crippen molar-refractivity contribution < 1.29 is 8.42 Å². The zero-order valence-electron chi connectivity index (χ0n) is 10.1. The maximum atomic E-state index is 11.2. The van der Waals surface area contributed by atoms with Crippen molar-refractivity contribution in [1.82, 2.24) is 0 Å². The van der Waals surface area contributed by atoms with Crippen molar-refractivity contribution >= 4 is 19.7 Å². The molecule has 4 rings (SSSR count). The van der Waals surface area contributed by atoms with Gasteiger partial charge < -0.3 is 0 Å². The van der Waals surface area contributed by atoms with Gasteiger partial charge in [-0.25, -0.2) is 8.42 Å². The van der Waals surface area contributed by atoms with E-state index >= 15 is 0 Å². The second-order valence-electron chi connectivity index (χ2n) is 6.29. The molecular weight excluding hydrogens is 256 g/mol. The Morgan fingerprint density at radius 3 is 1.94 bits per heavy atom. The molecule has 4 aliphatic rings. The second kappa shape index (κ2) is 3.99. The Morgan fingerprint density at radius 1 is 1.06 bits per heavy atom. The smallest absolute Gasteiger partial charge is 0.208 e. The van der Waals surface area contributed by atoms with E-state index in [1.54, 1.807) is 0 Å². The van der Waals surface area contributed by atoms with E-state index in [0.29, 0.717) is 5.92 Å². The van der Waals surface area contributed by atoms with Crippen molar-refractivity contribution in [3.05, 3.63) is 11.0 Å². The molecule has 0 aromatic heterocycles. The summed E-state index contributed by atoms with van der Waals surface area (Å²) in [5, 5.41) is 1.29. The lowest BCUT2D eigenvalue weighted by atomic mass is 9.51. The van der Waals surface area contributed by atoms with Crippen LogP contribution in [0.4, 0.5) is 0 Å². The summed E-state index contributed by atoms with van der Waals surface area (Å²) in [7, 11) is 1.84. The Balaban J connectivity index is 1.87. The average Bonchev–Trinajstić information content (AvgIpc) is 2.11. The summed E-state index contributed by atoms with van der Waals surface area (Å²) >= 11 is 0. The largest absolute Gasteiger partial charge is 0.254 e. The summed E-state index contributed by atoms with van der Waals surface area (Å²) < 4.78 is 22.3. The third-order valence-corrected chi connectivity index (χ3v) is 6.00. The Kier molecular flexibility index (Phi) is 2.82. The van der Waals surface area contributed by atoms with Crippen LogP contribution < -0.4 is 0 Å². The van der Waals surface area contributed by atoms with Gasteiger partial charge in [-0.05, 0) is 68.6 Å². The molecule has 0 aromatic carbocycles. The minimum Gasteiger partial charge on any atom is -0.208 e. The fraction of sp³-hybridized carbons (Fsp3) is 0.846. The van der Waals surface area contributed by atoms with Crippen LogP contribution in [0.1, 0.15) is 39.0 Å². The monoisotopic (exact) mass is 274 g/mol. The van der Waals surface area contributed by atoms with Crippen molar-refractivity contribution in [3.8, 4) is 0 Å². The van der Waals surface area contributed by atoms with Crippen LogP contribution in [-0.2, 0) is 9.05 Å². The van der Waals surface area contributed by atoms with E-state index < -0.39 is 9.05 Å².